The van der Waals surface area contributed by atoms with Crippen LogP contribution in [0.2, 0.25) is 0 Å². The number of hydrogen-bond donors (Lipinski definition) is 2. The van der Waals surface area contributed by atoms with E-state index in [1.165, 1.54) is 5.32 Å². The first-order chi connectivity index (χ1) is 6.71. The van der Waals surface area contributed by atoms with Crippen molar-refractivity contribution in [2.75, 3.05) is 24.4 Å². The van der Waals surface area contributed by atoms with Gasteiger partial charge in [0.15, 0.2) is 0 Å². The third kappa shape index (κ3) is 1.45. The zero-order valence-electron chi connectivity index (χ0n) is 11.8. The van der Waals surface area contributed by atoms with Crippen LogP contribution in [0.1, 0.15) is 11.0 Å². The number of rotatable bonds is 0. The van der Waals surface area contributed by atoms with Crippen molar-refractivity contribution in [3.8, 4) is 0 Å². The highest BCUT2D eigenvalue weighted by atomic mass is 32.2. The Bertz CT molecular complexity index is 382. The van der Waals surface area contributed by atoms with Crippen molar-refractivity contribution in [1.29, 1.82) is 4.78 Å². The maximum absolute atomic E-state index is 11.7. The van der Waals surface area contributed by atoms with E-state index in [0.717, 1.165) is 0 Å². The molecule has 1 aliphatic heterocycles. The summed E-state index contributed by atoms with van der Waals surface area (Å²) in [7, 11) is -4.80. The molecular formula is C4H10N2OS. The lowest BCUT2D eigenvalue weighted by Gasteiger charge is -2.13. The van der Waals surface area contributed by atoms with Gasteiger partial charge in [0.2, 0.25) is 0 Å². The molecule has 0 aliphatic carbocycles. The van der Waals surface area contributed by atoms with Gasteiger partial charge in [0.05, 0.1) is 0 Å². The Kier molecular flexibility index (Phi) is 0.378. The van der Waals surface area contributed by atoms with Gasteiger partial charge in [-0.05, 0) is 0 Å². The monoisotopic (exact) mass is 142 g/mol. The van der Waals surface area contributed by atoms with E-state index in [2.05, 4.69) is 0 Å². The van der Waals surface area contributed by atoms with Crippen molar-refractivity contribution in [2.24, 2.45) is 0 Å². The summed E-state index contributed by atoms with van der Waals surface area (Å²) >= 11 is 0. The molecule has 48 valence electrons. The zero-order chi connectivity index (χ0) is 13.2. The molecule has 0 aromatic heterocycles. The van der Waals surface area contributed by atoms with E-state index in [4.69, 9.17) is 15.7 Å². The van der Waals surface area contributed by atoms with Crippen LogP contribution in [0, 0.1) is 4.78 Å². The molecule has 1 saturated heterocycles. The molecule has 1 aliphatic rings. The smallest absolute Gasteiger partial charge is 0.0466 e. The molecular weight excluding hydrogens is 124 g/mol. The van der Waals surface area contributed by atoms with E-state index in [-0.39, 0.29) is 0 Å². The predicted octanol–water partition coefficient (Wildman–Crippen LogP) is -0.364. The minimum absolute atomic E-state index is 1.49. The summed E-state index contributed by atoms with van der Waals surface area (Å²) in [6.45, 7) is -6.19. The molecule has 0 spiro atoms. The van der Waals surface area contributed by atoms with Gasteiger partial charge >= 0.3 is 0 Å². The van der Waals surface area contributed by atoms with Gasteiger partial charge in [-0.15, -0.1) is 0 Å². The molecule has 0 atom stereocenters. The zero-order valence-corrected chi connectivity index (χ0v) is 4.63. The lowest BCUT2D eigenvalue weighted by atomic mass is 10.6. The van der Waals surface area contributed by atoms with Gasteiger partial charge in [0, 0.05) is 45.1 Å². The summed E-state index contributed by atoms with van der Waals surface area (Å²) < 4.78 is 76.6. The molecule has 0 bridgehead atoms. The van der Waals surface area contributed by atoms with Crippen molar-refractivity contribution in [3.05, 3.63) is 0 Å². The van der Waals surface area contributed by atoms with Crippen LogP contribution in [0.4, 0.5) is 0 Å². The quantitative estimate of drug-likeness (QED) is 0.485. The fourth-order valence-corrected chi connectivity index (χ4v) is 0.692. The average Bonchev–Trinajstić information content (AvgIpc) is 1.98. The van der Waals surface area contributed by atoms with Gasteiger partial charge in [-0.2, -0.15) is 0 Å². The van der Waals surface area contributed by atoms with Crippen molar-refractivity contribution in [1.82, 2.24) is 5.32 Å². The highest BCUT2D eigenvalue weighted by Gasteiger charge is 2.09. The summed E-state index contributed by atoms with van der Waals surface area (Å²) in [6, 6.07) is 0. The summed E-state index contributed by atoms with van der Waals surface area (Å²) in [5, 5.41) is 1.49. The third-order valence-corrected chi connectivity index (χ3v) is 1.29. The van der Waals surface area contributed by atoms with Gasteiger partial charge in [0.1, 0.15) is 0 Å². The molecule has 0 unspecified atom stereocenters. The maximum Gasteiger partial charge on any atom is 0.0466 e. The van der Waals surface area contributed by atoms with E-state index in [0.29, 0.717) is 0 Å². The largest absolute Gasteiger partial charge is 0.315 e. The van der Waals surface area contributed by atoms with Crippen LogP contribution < -0.4 is 5.32 Å². The van der Waals surface area contributed by atoms with Crippen LogP contribution in [-0.2, 0) is 9.73 Å². The molecule has 0 radical (unpaired) electrons. The predicted molar refractivity (Wildman–Crippen MR) is 33.5 cm³/mol. The molecule has 2 N–H and O–H groups in total. The molecule has 0 aromatic rings. The lowest BCUT2D eigenvalue weighted by molar-refractivity contribution is 0.650. The number of hydrogen-bond acceptors (Lipinski definition) is 3. The fourth-order valence-electron chi connectivity index (χ4n) is 0.252. The molecule has 1 fully saturated rings. The summed E-state index contributed by atoms with van der Waals surface area (Å²) in [4.78, 5) is 0. The van der Waals surface area contributed by atoms with E-state index < -0.39 is 34.1 Å². The van der Waals surface area contributed by atoms with Gasteiger partial charge in [-0.3, -0.25) is 4.78 Å². The molecule has 1 heterocycles. The molecule has 0 amide bonds. The van der Waals surface area contributed by atoms with Crippen LogP contribution in [-0.4, -0.2) is 28.6 Å². The van der Waals surface area contributed by atoms with Crippen molar-refractivity contribution in [3.63, 3.8) is 0 Å². The van der Waals surface area contributed by atoms with Gasteiger partial charge in [0.25, 0.3) is 0 Å². The Labute approximate surface area is 60.7 Å². The topological polar surface area (TPSA) is 53.0 Å². The van der Waals surface area contributed by atoms with E-state index in [9.17, 15) is 4.21 Å². The number of nitrogens with one attached hydrogen (secondary N) is 2. The third-order valence-electron chi connectivity index (χ3n) is 0.515. The standard InChI is InChI=1S/C4H10N2OS/c5-8(7)3-1-6-2-4-8/h5-6H,1-4H2/i1D2,2D2,3D2,4D2. The van der Waals surface area contributed by atoms with E-state index in [1.54, 1.807) is 0 Å². The second-order valence-corrected chi connectivity index (χ2v) is 2.66. The van der Waals surface area contributed by atoms with E-state index >= 15 is 0 Å². The minimum atomic E-state index is -4.80. The first kappa shape index (κ1) is 1.49. The van der Waals surface area contributed by atoms with Crippen LogP contribution in [0.15, 0.2) is 0 Å². The highest BCUT2D eigenvalue weighted by molar-refractivity contribution is 7.92. The summed E-state index contributed by atoms with van der Waals surface area (Å²) in [5.74, 6) is 0. The summed E-state index contributed by atoms with van der Waals surface area (Å²) in [6.07, 6.45) is 0. The van der Waals surface area contributed by atoms with Crippen LogP contribution in [0.25, 0.3) is 0 Å². The Hall–Kier alpha value is -0.0900. The second kappa shape index (κ2) is 2.03. The van der Waals surface area contributed by atoms with Gasteiger partial charge < -0.3 is 5.32 Å². The Morgan fingerprint density at radius 1 is 1.62 bits per heavy atom. The molecule has 8 heavy (non-hydrogen) atoms. The molecule has 3 nitrogen and oxygen atoms in total. The molecule has 0 saturated carbocycles. The molecule has 0 aromatic carbocycles. The lowest BCUT2D eigenvalue weighted by Crippen LogP contribution is -2.35. The van der Waals surface area contributed by atoms with Gasteiger partial charge in [-0.1, -0.05) is 0 Å². The fraction of sp³-hybridized carbons (Fsp3) is 1.00. The normalized spacial score (nSPS) is 67.5. The first-order valence-corrected chi connectivity index (χ1v) is 3.34. The van der Waals surface area contributed by atoms with Crippen molar-refractivity contribution in [2.45, 2.75) is 0 Å². The average molecular weight is 142 g/mol. The summed E-state index contributed by atoms with van der Waals surface area (Å²) in [5.41, 5.74) is -6.68. The molecule has 1 rings (SSSR count). The Balaban J connectivity index is 3.57. The second-order valence-electron chi connectivity index (χ2n) is 1.14. The maximum atomic E-state index is 11.7. The van der Waals surface area contributed by atoms with Gasteiger partial charge in [-0.25, -0.2) is 4.21 Å². The molecule has 4 heteroatoms. The van der Waals surface area contributed by atoms with E-state index in [1.807, 2.05) is 0 Å². The van der Waals surface area contributed by atoms with Crippen molar-refractivity contribution >= 4 is 9.73 Å². The Morgan fingerprint density at radius 2 is 2.12 bits per heavy atom. The SMILES string of the molecule is [2H]C1([2H])NC([2H])([2H])C([2H])([2H])S(=N)(=O)C1([2H])[2H]. The van der Waals surface area contributed by atoms with Crippen LogP contribution in [0.5, 0.6) is 0 Å². The van der Waals surface area contributed by atoms with Crippen LogP contribution >= 0.6 is 0 Å². The van der Waals surface area contributed by atoms with Crippen LogP contribution in [0.3, 0.4) is 0 Å². The minimum Gasteiger partial charge on any atom is -0.315 e. The first-order valence-electron chi connectivity index (χ1n) is 5.78. The highest BCUT2D eigenvalue weighted by Crippen LogP contribution is 1.93. The Morgan fingerprint density at radius 3 is 2.62 bits per heavy atom. The van der Waals surface area contributed by atoms with Crippen molar-refractivity contribution < 1.29 is 15.2 Å².